The molecule has 5 aliphatic rings. The van der Waals surface area contributed by atoms with E-state index in [0.29, 0.717) is 13.2 Å². The fourth-order valence-electron chi connectivity index (χ4n) is 11.5. The summed E-state index contributed by atoms with van der Waals surface area (Å²) in [6.45, 7) is 24.8. The predicted octanol–water partition coefficient (Wildman–Crippen LogP) is 7.20. The van der Waals surface area contributed by atoms with Crippen LogP contribution in [0.5, 0.6) is 0 Å². The lowest BCUT2D eigenvalue weighted by Crippen LogP contribution is -2.67. The van der Waals surface area contributed by atoms with Gasteiger partial charge in [0.05, 0.1) is 30.0 Å². The summed E-state index contributed by atoms with van der Waals surface area (Å²) in [5.74, 6) is 0. The van der Waals surface area contributed by atoms with E-state index < -0.39 is 15.4 Å². The molecule has 4 saturated carbocycles. The van der Waals surface area contributed by atoms with Crippen LogP contribution in [0.3, 0.4) is 0 Å². The van der Waals surface area contributed by atoms with Crippen molar-refractivity contribution in [1.29, 1.82) is 0 Å². The lowest BCUT2D eigenvalue weighted by molar-refractivity contribution is -0.249. The van der Waals surface area contributed by atoms with Crippen molar-refractivity contribution in [2.75, 3.05) is 13.2 Å². The van der Waals surface area contributed by atoms with Crippen LogP contribution < -0.4 is 15.8 Å². The highest BCUT2D eigenvalue weighted by Crippen LogP contribution is 2.72. The van der Waals surface area contributed by atoms with Crippen LogP contribution in [0, 0.1) is 23.2 Å². The lowest BCUT2D eigenvalue weighted by Gasteiger charge is -2.69. The molecular formula is C41H59BN2O4Si. The molecule has 2 unspecified atom stereocenters. The number of rotatable bonds is 10. The molecule has 8 heteroatoms. The minimum atomic E-state index is -2.62. The highest BCUT2D eigenvalue weighted by molar-refractivity contribution is 6.99. The molecular weight excluding hydrogens is 623 g/mol. The zero-order chi connectivity index (χ0) is 35.1. The molecule has 6 nitrogen and oxygen atoms in total. The van der Waals surface area contributed by atoms with Crippen LogP contribution in [0.4, 0.5) is 0 Å². The SMILES string of the molecule is Cc1c(B2OC(C)(C)C(C)(C)O2)cnn1CC12CC3(C)CC(C)(C1)CC(OCCO[Si](c1ccccc1)(c1ccccc1)C(C)(C)C)(C3)C2. The van der Waals surface area contributed by atoms with E-state index in [1.807, 2.05) is 6.20 Å². The minimum Gasteiger partial charge on any atom is -0.405 e. The Kier molecular flexibility index (Phi) is 8.36. The molecule has 264 valence electrons. The molecule has 1 aliphatic heterocycles. The number of hydrogen-bond donors (Lipinski definition) is 0. The topological polar surface area (TPSA) is 54.7 Å². The Morgan fingerprint density at radius 1 is 0.755 bits per heavy atom. The van der Waals surface area contributed by atoms with Crippen LogP contribution in [0.25, 0.3) is 0 Å². The van der Waals surface area contributed by atoms with Gasteiger partial charge in [-0.25, -0.2) is 0 Å². The van der Waals surface area contributed by atoms with Gasteiger partial charge in [-0.3, -0.25) is 4.68 Å². The molecule has 0 spiro atoms. The van der Waals surface area contributed by atoms with Crippen molar-refractivity contribution in [3.63, 3.8) is 0 Å². The molecule has 49 heavy (non-hydrogen) atoms. The highest BCUT2D eigenvalue weighted by atomic mass is 28.4. The first kappa shape index (κ1) is 35.2. The molecule has 1 aromatic heterocycles. The first-order valence-electron chi connectivity index (χ1n) is 18.6. The third-order valence-corrected chi connectivity index (χ3v) is 18.1. The van der Waals surface area contributed by atoms with Crippen LogP contribution in [0.1, 0.15) is 107 Å². The van der Waals surface area contributed by atoms with Gasteiger partial charge in [0.15, 0.2) is 0 Å². The first-order valence-corrected chi connectivity index (χ1v) is 20.5. The predicted molar refractivity (Wildman–Crippen MR) is 201 cm³/mol. The van der Waals surface area contributed by atoms with Crippen LogP contribution >= 0.6 is 0 Å². The van der Waals surface area contributed by atoms with Crippen molar-refractivity contribution in [2.24, 2.45) is 16.2 Å². The molecule has 2 aromatic carbocycles. The summed E-state index contributed by atoms with van der Waals surface area (Å²) in [5, 5.41) is 7.56. The van der Waals surface area contributed by atoms with Gasteiger partial charge in [-0.2, -0.15) is 5.10 Å². The number of benzene rings is 2. The van der Waals surface area contributed by atoms with Crippen molar-refractivity contribution < 1.29 is 18.5 Å². The lowest BCUT2D eigenvalue weighted by atomic mass is 9.39. The average Bonchev–Trinajstić information content (AvgIpc) is 3.44. The van der Waals surface area contributed by atoms with E-state index in [0.717, 1.165) is 37.0 Å². The summed E-state index contributed by atoms with van der Waals surface area (Å²) in [6, 6.07) is 21.9. The molecule has 0 amide bonds. The molecule has 8 rings (SSSR count). The van der Waals surface area contributed by atoms with E-state index in [2.05, 4.69) is 135 Å². The largest absolute Gasteiger partial charge is 0.498 e. The number of aromatic nitrogens is 2. The van der Waals surface area contributed by atoms with E-state index in [1.165, 1.54) is 29.6 Å². The smallest absolute Gasteiger partial charge is 0.405 e. The number of ether oxygens (including phenoxy) is 1. The second-order valence-electron chi connectivity index (χ2n) is 19.2. The zero-order valence-corrected chi connectivity index (χ0v) is 32.8. The Morgan fingerprint density at radius 3 is 1.80 bits per heavy atom. The maximum absolute atomic E-state index is 7.27. The molecule has 4 bridgehead atoms. The second kappa shape index (κ2) is 11.6. The number of hydrogen-bond acceptors (Lipinski definition) is 5. The van der Waals surface area contributed by atoms with E-state index >= 15 is 0 Å². The van der Waals surface area contributed by atoms with E-state index in [1.54, 1.807) is 0 Å². The van der Waals surface area contributed by atoms with Gasteiger partial charge in [-0.05, 0) is 105 Å². The molecule has 3 aromatic rings. The van der Waals surface area contributed by atoms with Crippen LogP contribution in [0.15, 0.2) is 66.9 Å². The Labute approximate surface area is 296 Å². The fourth-order valence-corrected chi connectivity index (χ4v) is 16.0. The minimum absolute atomic E-state index is 0.0536. The summed E-state index contributed by atoms with van der Waals surface area (Å²) in [7, 11) is -3.01. The third kappa shape index (κ3) is 6.01. The Balaban J connectivity index is 1.11. The van der Waals surface area contributed by atoms with Crippen LogP contribution in [0.2, 0.25) is 5.04 Å². The Bertz CT molecular complexity index is 1590. The van der Waals surface area contributed by atoms with Crippen LogP contribution in [-0.2, 0) is 25.0 Å². The number of nitrogens with zero attached hydrogens (tertiary/aromatic N) is 2. The van der Waals surface area contributed by atoms with Gasteiger partial charge in [0.1, 0.15) is 0 Å². The van der Waals surface area contributed by atoms with Gasteiger partial charge in [0.25, 0.3) is 8.32 Å². The monoisotopic (exact) mass is 682 g/mol. The molecule has 2 heterocycles. The molecule has 4 aliphatic carbocycles. The van der Waals surface area contributed by atoms with Gasteiger partial charge in [0, 0.05) is 23.9 Å². The molecule has 0 radical (unpaired) electrons. The quantitative estimate of drug-likeness (QED) is 0.167. The average molecular weight is 683 g/mol. The normalized spacial score (nSPS) is 31.8. The van der Waals surface area contributed by atoms with Crippen molar-refractivity contribution in [2.45, 2.75) is 136 Å². The summed E-state index contributed by atoms with van der Waals surface area (Å²) in [5.41, 5.74) is 1.98. The van der Waals surface area contributed by atoms with E-state index in [9.17, 15) is 0 Å². The zero-order valence-electron chi connectivity index (χ0n) is 31.8. The molecule has 5 fully saturated rings. The van der Waals surface area contributed by atoms with Gasteiger partial charge in [-0.15, -0.1) is 0 Å². The van der Waals surface area contributed by atoms with Gasteiger partial charge in [0.2, 0.25) is 0 Å². The maximum Gasteiger partial charge on any atom is 0.498 e. The Hall–Kier alpha value is -2.23. The molecule has 0 N–H and O–H groups in total. The highest BCUT2D eigenvalue weighted by Gasteiger charge is 2.66. The summed E-state index contributed by atoms with van der Waals surface area (Å²) in [4.78, 5) is 0. The summed E-state index contributed by atoms with van der Waals surface area (Å²) >= 11 is 0. The van der Waals surface area contributed by atoms with Crippen molar-refractivity contribution >= 4 is 31.3 Å². The third-order valence-electron chi connectivity index (χ3n) is 13.0. The first-order chi connectivity index (χ1) is 22.8. The van der Waals surface area contributed by atoms with Crippen molar-refractivity contribution in [3.05, 3.63) is 72.6 Å². The summed E-state index contributed by atoms with van der Waals surface area (Å²) in [6.07, 6.45) is 9.06. The van der Waals surface area contributed by atoms with Gasteiger partial charge >= 0.3 is 7.12 Å². The maximum atomic E-state index is 7.27. The van der Waals surface area contributed by atoms with E-state index in [-0.39, 0.29) is 38.1 Å². The van der Waals surface area contributed by atoms with Crippen molar-refractivity contribution in [1.82, 2.24) is 9.78 Å². The fraction of sp³-hybridized carbons (Fsp3) is 0.634. The van der Waals surface area contributed by atoms with Gasteiger partial charge < -0.3 is 18.5 Å². The van der Waals surface area contributed by atoms with Crippen molar-refractivity contribution in [3.8, 4) is 0 Å². The second-order valence-corrected chi connectivity index (χ2v) is 23.5. The summed E-state index contributed by atoms with van der Waals surface area (Å²) < 4.78 is 29.6. The standard InChI is InChI=1S/C41H59BN2O4Si/c1-31-34(42-47-36(5,6)37(7,8)48-42)23-43-44(31)30-40-25-38(9)24-39(10,26-40)28-41(27-38,29-40)45-21-22-46-49(35(2,3)4,32-17-13-11-14-18-32)33-19-15-12-16-20-33/h11-20,23H,21-22,24-30H2,1-10H3. The van der Waals surface area contributed by atoms with E-state index in [4.69, 9.17) is 23.6 Å². The van der Waals surface area contributed by atoms with Gasteiger partial charge in [-0.1, -0.05) is 95.3 Å². The molecule has 2 atom stereocenters. The molecule has 1 saturated heterocycles. The Morgan fingerprint density at radius 2 is 1.29 bits per heavy atom. The van der Waals surface area contributed by atoms with Crippen LogP contribution in [-0.4, -0.2) is 55.2 Å².